The highest BCUT2D eigenvalue weighted by Gasteiger charge is 2.25. The summed E-state index contributed by atoms with van der Waals surface area (Å²) < 4.78 is 5.01. The minimum absolute atomic E-state index is 0.152. The summed E-state index contributed by atoms with van der Waals surface area (Å²) in [6.07, 6.45) is 3.13. The second-order valence-corrected chi connectivity index (χ2v) is 4.12. The van der Waals surface area contributed by atoms with E-state index < -0.39 is 0 Å². The maximum Gasteiger partial charge on any atom is 0.180 e. The van der Waals surface area contributed by atoms with Crippen LogP contribution in [0.2, 0.25) is 0 Å². The van der Waals surface area contributed by atoms with Crippen molar-refractivity contribution in [2.24, 2.45) is 0 Å². The van der Waals surface area contributed by atoms with E-state index in [1.807, 2.05) is 24.3 Å². The van der Waals surface area contributed by atoms with Crippen LogP contribution in [0.25, 0.3) is 0 Å². The van der Waals surface area contributed by atoms with Crippen molar-refractivity contribution in [3.05, 3.63) is 48.2 Å². The molecular weight excluding hydrogens is 188 g/mol. The van der Waals surface area contributed by atoms with Gasteiger partial charge in [0.1, 0.15) is 6.26 Å². The van der Waals surface area contributed by atoms with Crippen LogP contribution in [0.5, 0.6) is 0 Å². The van der Waals surface area contributed by atoms with Crippen molar-refractivity contribution in [2.75, 3.05) is 5.73 Å². The van der Waals surface area contributed by atoms with E-state index in [2.05, 4.69) is 18.8 Å². The number of aromatic nitrogens is 1. The van der Waals surface area contributed by atoms with E-state index in [9.17, 15) is 0 Å². The molecule has 0 bridgehead atoms. The monoisotopic (exact) mass is 202 g/mol. The molecule has 0 atom stereocenters. The Balaban J connectivity index is 2.41. The second-order valence-electron chi connectivity index (χ2n) is 4.12. The minimum Gasteiger partial charge on any atom is -0.451 e. The van der Waals surface area contributed by atoms with Gasteiger partial charge < -0.3 is 10.2 Å². The lowest BCUT2D eigenvalue weighted by atomic mass is 9.82. The van der Waals surface area contributed by atoms with E-state index >= 15 is 0 Å². The molecule has 0 amide bonds. The van der Waals surface area contributed by atoms with E-state index in [0.717, 1.165) is 11.4 Å². The summed E-state index contributed by atoms with van der Waals surface area (Å²) in [7, 11) is 0. The van der Waals surface area contributed by atoms with Gasteiger partial charge in [0.05, 0.1) is 5.69 Å². The van der Waals surface area contributed by atoms with Crippen LogP contribution in [0.1, 0.15) is 25.1 Å². The largest absolute Gasteiger partial charge is 0.451 e. The fourth-order valence-corrected chi connectivity index (χ4v) is 1.57. The maximum absolute atomic E-state index is 5.65. The Bertz CT molecular complexity index is 429. The van der Waals surface area contributed by atoms with Gasteiger partial charge in [-0.1, -0.05) is 26.0 Å². The lowest BCUT2D eigenvalue weighted by Crippen LogP contribution is -2.19. The molecule has 0 aliphatic rings. The smallest absolute Gasteiger partial charge is 0.180 e. The number of oxazole rings is 1. The predicted octanol–water partition coefficient (Wildman–Crippen LogP) is 2.58. The Morgan fingerprint density at radius 2 is 1.87 bits per heavy atom. The van der Waals surface area contributed by atoms with Gasteiger partial charge in [0, 0.05) is 11.1 Å². The van der Waals surface area contributed by atoms with Crippen molar-refractivity contribution in [1.82, 2.24) is 4.98 Å². The van der Waals surface area contributed by atoms with E-state index in [-0.39, 0.29) is 5.41 Å². The number of anilines is 1. The summed E-state index contributed by atoms with van der Waals surface area (Å²) in [5, 5.41) is 0. The van der Waals surface area contributed by atoms with Crippen LogP contribution in [0.3, 0.4) is 0 Å². The number of hydrogen-bond acceptors (Lipinski definition) is 3. The van der Waals surface area contributed by atoms with Crippen molar-refractivity contribution in [3.8, 4) is 0 Å². The van der Waals surface area contributed by atoms with Crippen molar-refractivity contribution in [1.29, 1.82) is 0 Å². The molecule has 1 aromatic carbocycles. The molecule has 0 aliphatic carbocycles. The fraction of sp³-hybridized carbons (Fsp3) is 0.250. The molecule has 2 aromatic rings. The van der Waals surface area contributed by atoms with Gasteiger partial charge >= 0.3 is 0 Å². The van der Waals surface area contributed by atoms with Gasteiger partial charge in [-0.15, -0.1) is 0 Å². The SMILES string of the molecule is CC(C)(c1ccc(N)cc1)c1cocn1. The molecular formula is C12H14N2O. The van der Waals surface area contributed by atoms with E-state index in [0.29, 0.717) is 0 Å². The van der Waals surface area contributed by atoms with Gasteiger partial charge in [-0.25, -0.2) is 4.98 Å². The third kappa shape index (κ3) is 1.73. The zero-order valence-electron chi connectivity index (χ0n) is 8.90. The molecule has 0 fully saturated rings. The van der Waals surface area contributed by atoms with Gasteiger partial charge in [-0.3, -0.25) is 0 Å². The van der Waals surface area contributed by atoms with E-state index in [1.165, 1.54) is 12.0 Å². The van der Waals surface area contributed by atoms with Crippen LogP contribution in [-0.4, -0.2) is 4.98 Å². The highest BCUT2D eigenvalue weighted by atomic mass is 16.3. The summed E-state index contributed by atoms with van der Waals surface area (Å²) in [6, 6.07) is 7.84. The highest BCUT2D eigenvalue weighted by Crippen LogP contribution is 2.30. The van der Waals surface area contributed by atoms with Crippen molar-refractivity contribution >= 4 is 5.69 Å². The first kappa shape index (κ1) is 9.77. The molecule has 0 radical (unpaired) electrons. The molecule has 3 heteroatoms. The zero-order chi connectivity index (χ0) is 10.9. The van der Waals surface area contributed by atoms with E-state index in [4.69, 9.17) is 10.2 Å². The first-order valence-corrected chi connectivity index (χ1v) is 4.85. The summed E-state index contributed by atoms with van der Waals surface area (Å²) in [5.41, 5.74) is 8.37. The average molecular weight is 202 g/mol. The molecule has 2 rings (SSSR count). The number of benzene rings is 1. The molecule has 78 valence electrons. The van der Waals surface area contributed by atoms with Crippen LogP contribution in [-0.2, 0) is 5.41 Å². The molecule has 3 nitrogen and oxygen atoms in total. The molecule has 1 aromatic heterocycles. The first-order chi connectivity index (χ1) is 7.10. The molecule has 2 N–H and O–H groups in total. The van der Waals surface area contributed by atoms with E-state index in [1.54, 1.807) is 6.26 Å². The number of hydrogen-bond donors (Lipinski definition) is 1. The van der Waals surface area contributed by atoms with Crippen LogP contribution >= 0.6 is 0 Å². The Kier molecular flexibility index (Phi) is 2.23. The van der Waals surface area contributed by atoms with Gasteiger partial charge in [0.25, 0.3) is 0 Å². The second kappa shape index (κ2) is 3.42. The summed E-state index contributed by atoms with van der Waals surface area (Å²) in [4.78, 5) is 4.19. The van der Waals surface area contributed by atoms with Gasteiger partial charge in [-0.2, -0.15) is 0 Å². The lowest BCUT2D eigenvalue weighted by Gasteiger charge is -2.22. The standard InChI is InChI=1S/C12H14N2O/c1-12(2,11-7-15-8-14-11)9-3-5-10(13)6-4-9/h3-8H,13H2,1-2H3. The summed E-state index contributed by atoms with van der Waals surface area (Å²) in [5.74, 6) is 0. The van der Waals surface area contributed by atoms with Crippen molar-refractivity contribution in [2.45, 2.75) is 19.3 Å². The van der Waals surface area contributed by atoms with Gasteiger partial charge in [0.15, 0.2) is 6.39 Å². The Hall–Kier alpha value is -1.77. The minimum atomic E-state index is -0.152. The zero-order valence-corrected chi connectivity index (χ0v) is 8.90. The topological polar surface area (TPSA) is 52.0 Å². The number of rotatable bonds is 2. The summed E-state index contributed by atoms with van der Waals surface area (Å²) >= 11 is 0. The van der Waals surface area contributed by atoms with Crippen LogP contribution in [0, 0.1) is 0 Å². The van der Waals surface area contributed by atoms with Crippen molar-refractivity contribution in [3.63, 3.8) is 0 Å². The summed E-state index contributed by atoms with van der Waals surface area (Å²) in [6.45, 7) is 4.22. The molecule has 0 spiro atoms. The Morgan fingerprint density at radius 3 is 2.40 bits per heavy atom. The van der Waals surface area contributed by atoms with Crippen LogP contribution in [0.4, 0.5) is 5.69 Å². The van der Waals surface area contributed by atoms with Crippen LogP contribution < -0.4 is 5.73 Å². The molecule has 1 heterocycles. The normalized spacial score (nSPS) is 11.6. The molecule has 15 heavy (non-hydrogen) atoms. The third-order valence-corrected chi connectivity index (χ3v) is 2.71. The predicted molar refractivity (Wildman–Crippen MR) is 59.5 cm³/mol. The highest BCUT2D eigenvalue weighted by molar-refractivity contribution is 5.43. The number of nitrogens with zero attached hydrogens (tertiary/aromatic N) is 1. The third-order valence-electron chi connectivity index (χ3n) is 2.71. The first-order valence-electron chi connectivity index (χ1n) is 4.85. The molecule has 0 saturated carbocycles. The quantitative estimate of drug-likeness (QED) is 0.761. The Labute approximate surface area is 88.9 Å². The maximum atomic E-state index is 5.65. The van der Waals surface area contributed by atoms with Gasteiger partial charge in [-0.05, 0) is 17.7 Å². The number of nitrogens with two attached hydrogens (primary N) is 1. The average Bonchev–Trinajstić information content (AvgIpc) is 2.71. The number of nitrogen functional groups attached to an aromatic ring is 1. The fourth-order valence-electron chi connectivity index (χ4n) is 1.57. The Morgan fingerprint density at radius 1 is 1.20 bits per heavy atom. The molecule has 0 aliphatic heterocycles. The van der Waals surface area contributed by atoms with Crippen LogP contribution in [0.15, 0.2) is 41.3 Å². The molecule has 0 saturated heterocycles. The lowest BCUT2D eigenvalue weighted by molar-refractivity contribution is 0.547. The van der Waals surface area contributed by atoms with Crippen molar-refractivity contribution < 1.29 is 4.42 Å². The van der Waals surface area contributed by atoms with Gasteiger partial charge in [0.2, 0.25) is 0 Å². The molecule has 0 unspecified atom stereocenters.